The van der Waals surface area contributed by atoms with Crippen molar-refractivity contribution >= 4 is 31.9 Å². The van der Waals surface area contributed by atoms with Gasteiger partial charge in [0.25, 0.3) is 0 Å². The van der Waals surface area contributed by atoms with Gasteiger partial charge in [-0.1, -0.05) is 28.1 Å². The number of nitrogens with zero attached hydrogens (tertiary/aromatic N) is 1. The molecule has 0 saturated carbocycles. The number of carbonyl (C=O) groups is 1. The SMILES string of the molecule is CCS(=O)(=O)N1CCC(C(=O)N[C@@H](C)c2ccc(Br)cc2)CC1. The monoisotopic (exact) mass is 402 g/mol. The average Bonchev–Trinajstić information content (AvgIpc) is 2.55. The molecule has 0 radical (unpaired) electrons. The van der Waals surface area contributed by atoms with Crippen LogP contribution in [0.5, 0.6) is 0 Å². The summed E-state index contributed by atoms with van der Waals surface area (Å²) in [6.45, 7) is 4.47. The van der Waals surface area contributed by atoms with Crippen molar-refractivity contribution in [2.75, 3.05) is 18.8 Å². The molecular weight excluding hydrogens is 380 g/mol. The summed E-state index contributed by atoms with van der Waals surface area (Å²) in [6.07, 6.45) is 1.16. The molecule has 2 rings (SSSR count). The van der Waals surface area contributed by atoms with Crippen molar-refractivity contribution in [1.82, 2.24) is 9.62 Å². The Morgan fingerprint density at radius 3 is 2.39 bits per heavy atom. The molecular formula is C16H23BrN2O3S. The molecule has 1 aliphatic rings. The van der Waals surface area contributed by atoms with Gasteiger partial charge in [-0.25, -0.2) is 12.7 Å². The van der Waals surface area contributed by atoms with E-state index in [0.717, 1.165) is 10.0 Å². The minimum absolute atomic E-state index is 0.00830. The Kier molecular flexibility index (Phi) is 6.22. The van der Waals surface area contributed by atoms with E-state index in [0.29, 0.717) is 25.9 Å². The summed E-state index contributed by atoms with van der Waals surface area (Å²) in [4.78, 5) is 12.4. The number of hydrogen-bond acceptors (Lipinski definition) is 3. The van der Waals surface area contributed by atoms with Crippen molar-refractivity contribution in [3.63, 3.8) is 0 Å². The van der Waals surface area contributed by atoms with Gasteiger partial charge in [0.15, 0.2) is 0 Å². The molecule has 23 heavy (non-hydrogen) atoms. The zero-order valence-electron chi connectivity index (χ0n) is 13.5. The summed E-state index contributed by atoms with van der Waals surface area (Å²) in [5, 5.41) is 3.03. The molecule has 1 heterocycles. The van der Waals surface area contributed by atoms with Gasteiger partial charge in [0.2, 0.25) is 15.9 Å². The van der Waals surface area contributed by atoms with E-state index < -0.39 is 10.0 Å². The predicted molar refractivity (Wildman–Crippen MR) is 94.5 cm³/mol. The summed E-state index contributed by atoms with van der Waals surface area (Å²) in [5.74, 6) is 0.00922. The van der Waals surface area contributed by atoms with E-state index in [2.05, 4.69) is 21.2 Å². The topological polar surface area (TPSA) is 66.5 Å². The normalized spacial score (nSPS) is 18.6. The van der Waals surface area contributed by atoms with Gasteiger partial charge in [-0.2, -0.15) is 0 Å². The zero-order chi connectivity index (χ0) is 17.0. The fourth-order valence-corrected chi connectivity index (χ4v) is 4.14. The average molecular weight is 403 g/mol. The Morgan fingerprint density at radius 1 is 1.30 bits per heavy atom. The standard InChI is InChI=1S/C16H23BrN2O3S/c1-3-23(21,22)19-10-8-14(9-11-19)16(20)18-12(2)13-4-6-15(17)7-5-13/h4-7,12,14H,3,8-11H2,1-2H3,(H,18,20)/t12-/m0/s1. The second-order valence-electron chi connectivity index (χ2n) is 5.86. The van der Waals surface area contributed by atoms with Gasteiger partial charge in [0, 0.05) is 23.5 Å². The number of rotatable bonds is 5. The van der Waals surface area contributed by atoms with Crippen LogP contribution < -0.4 is 5.32 Å². The fraction of sp³-hybridized carbons (Fsp3) is 0.562. The van der Waals surface area contributed by atoms with E-state index in [1.165, 1.54) is 4.31 Å². The lowest BCUT2D eigenvalue weighted by Crippen LogP contribution is -2.43. The molecule has 5 nitrogen and oxygen atoms in total. The predicted octanol–water partition coefficient (Wildman–Crippen LogP) is 2.69. The van der Waals surface area contributed by atoms with Gasteiger partial charge >= 0.3 is 0 Å². The van der Waals surface area contributed by atoms with Crippen molar-refractivity contribution in [3.05, 3.63) is 34.3 Å². The number of amides is 1. The molecule has 1 N–H and O–H groups in total. The zero-order valence-corrected chi connectivity index (χ0v) is 15.9. The van der Waals surface area contributed by atoms with Gasteiger partial charge in [-0.3, -0.25) is 4.79 Å². The molecule has 0 aliphatic carbocycles. The maximum absolute atomic E-state index is 12.4. The van der Waals surface area contributed by atoms with Crippen LogP contribution in [0, 0.1) is 5.92 Å². The highest BCUT2D eigenvalue weighted by Gasteiger charge is 2.30. The first-order valence-corrected chi connectivity index (χ1v) is 10.3. The van der Waals surface area contributed by atoms with Crippen molar-refractivity contribution in [3.8, 4) is 0 Å². The minimum atomic E-state index is -3.14. The van der Waals surface area contributed by atoms with E-state index >= 15 is 0 Å². The van der Waals surface area contributed by atoms with E-state index in [-0.39, 0.29) is 23.6 Å². The van der Waals surface area contributed by atoms with Crippen LogP contribution in [0.1, 0.15) is 38.3 Å². The van der Waals surface area contributed by atoms with Gasteiger partial charge in [0.05, 0.1) is 11.8 Å². The number of carbonyl (C=O) groups excluding carboxylic acids is 1. The molecule has 1 atom stereocenters. The first-order valence-electron chi connectivity index (χ1n) is 7.87. The van der Waals surface area contributed by atoms with Crippen LogP contribution in [-0.2, 0) is 14.8 Å². The van der Waals surface area contributed by atoms with E-state index in [1.54, 1.807) is 6.92 Å². The van der Waals surface area contributed by atoms with E-state index in [9.17, 15) is 13.2 Å². The van der Waals surface area contributed by atoms with Gasteiger partial charge in [-0.15, -0.1) is 0 Å². The number of sulfonamides is 1. The van der Waals surface area contributed by atoms with Gasteiger partial charge in [0.1, 0.15) is 0 Å². The van der Waals surface area contributed by atoms with Gasteiger partial charge < -0.3 is 5.32 Å². The maximum Gasteiger partial charge on any atom is 0.223 e. The number of halogens is 1. The van der Waals surface area contributed by atoms with Crippen LogP contribution in [-0.4, -0.2) is 37.5 Å². The Hall–Kier alpha value is -0.920. The Morgan fingerprint density at radius 2 is 1.87 bits per heavy atom. The fourth-order valence-electron chi connectivity index (χ4n) is 2.74. The second-order valence-corrected chi connectivity index (χ2v) is 9.03. The number of benzene rings is 1. The van der Waals surface area contributed by atoms with Crippen molar-refractivity contribution in [2.24, 2.45) is 5.92 Å². The molecule has 1 aliphatic heterocycles. The highest BCUT2D eigenvalue weighted by Crippen LogP contribution is 2.22. The molecule has 0 spiro atoms. The highest BCUT2D eigenvalue weighted by molar-refractivity contribution is 9.10. The summed E-state index contributed by atoms with van der Waals surface area (Å²) in [6, 6.07) is 7.79. The molecule has 1 fully saturated rings. The summed E-state index contributed by atoms with van der Waals surface area (Å²) >= 11 is 3.39. The number of piperidine rings is 1. The molecule has 1 saturated heterocycles. The Labute approximate surface area is 146 Å². The molecule has 1 aromatic carbocycles. The van der Waals surface area contributed by atoms with Crippen molar-refractivity contribution < 1.29 is 13.2 Å². The Balaban J connectivity index is 1.89. The highest BCUT2D eigenvalue weighted by atomic mass is 79.9. The van der Waals surface area contributed by atoms with Crippen molar-refractivity contribution in [1.29, 1.82) is 0 Å². The second kappa shape index (κ2) is 7.77. The van der Waals surface area contributed by atoms with Crippen LogP contribution in [0.25, 0.3) is 0 Å². The van der Waals surface area contributed by atoms with Gasteiger partial charge in [-0.05, 0) is 44.4 Å². The smallest absolute Gasteiger partial charge is 0.223 e. The summed E-state index contributed by atoms with van der Waals surface area (Å²) in [5.41, 5.74) is 1.05. The molecule has 1 aromatic rings. The lowest BCUT2D eigenvalue weighted by atomic mass is 9.96. The van der Waals surface area contributed by atoms with Crippen LogP contribution in [0.3, 0.4) is 0 Å². The quantitative estimate of drug-likeness (QED) is 0.822. The van der Waals surface area contributed by atoms with Crippen LogP contribution >= 0.6 is 15.9 Å². The minimum Gasteiger partial charge on any atom is -0.349 e. The van der Waals surface area contributed by atoms with Crippen LogP contribution in [0.15, 0.2) is 28.7 Å². The molecule has 0 unspecified atom stereocenters. The third kappa shape index (κ3) is 4.78. The summed E-state index contributed by atoms with van der Waals surface area (Å²) < 4.78 is 26.2. The first-order chi connectivity index (χ1) is 10.8. The lowest BCUT2D eigenvalue weighted by molar-refractivity contribution is -0.126. The van der Waals surface area contributed by atoms with E-state index in [4.69, 9.17) is 0 Å². The third-order valence-corrected chi connectivity index (χ3v) is 6.72. The lowest BCUT2D eigenvalue weighted by Gasteiger charge is -2.31. The molecule has 128 valence electrons. The molecule has 0 aromatic heterocycles. The molecule has 0 bridgehead atoms. The van der Waals surface area contributed by atoms with Crippen LogP contribution in [0.4, 0.5) is 0 Å². The van der Waals surface area contributed by atoms with E-state index in [1.807, 2.05) is 31.2 Å². The Bertz CT molecular complexity index is 638. The van der Waals surface area contributed by atoms with Crippen molar-refractivity contribution in [2.45, 2.75) is 32.7 Å². The third-order valence-electron chi connectivity index (χ3n) is 4.31. The van der Waals surface area contributed by atoms with Crippen LogP contribution in [0.2, 0.25) is 0 Å². The number of hydrogen-bond donors (Lipinski definition) is 1. The summed E-state index contributed by atoms with van der Waals surface area (Å²) in [7, 11) is -3.14. The largest absolute Gasteiger partial charge is 0.349 e. The number of nitrogens with one attached hydrogen (secondary N) is 1. The maximum atomic E-state index is 12.4. The molecule has 1 amide bonds. The first kappa shape index (κ1) is 18.4. The molecule has 7 heteroatoms.